The largest absolute Gasteiger partial charge is 0.401 e. The maximum Gasteiger partial charge on any atom is 0.337 e. The molecule has 2 aromatic carbocycles. The fourth-order valence-electron chi connectivity index (χ4n) is 5.76. The molecule has 0 aliphatic rings. The van der Waals surface area contributed by atoms with Crippen molar-refractivity contribution >= 4 is 38.4 Å². The Hall–Kier alpha value is -2.41. The van der Waals surface area contributed by atoms with Gasteiger partial charge in [0, 0.05) is 26.6 Å². The van der Waals surface area contributed by atoms with Crippen molar-refractivity contribution < 1.29 is 27.6 Å². The highest BCUT2D eigenvalue weighted by atomic mass is 31.2. The zero-order valence-corrected chi connectivity index (χ0v) is 30.8. The number of hydrogen-bond donors (Lipinski definition) is 0. The molecule has 248 valence electrons. The lowest BCUT2D eigenvalue weighted by molar-refractivity contribution is -0.118. The van der Waals surface area contributed by atoms with Crippen LogP contribution in [0.25, 0.3) is 0 Å². The van der Waals surface area contributed by atoms with Gasteiger partial charge in [0.25, 0.3) is 8.32 Å². The first-order valence-electron chi connectivity index (χ1n) is 16.0. The summed E-state index contributed by atoms with van der Waals surface area (Å²) in [5, 5.41) is 1.97. The first-order valence-corrected chi connectivity index (χ1v) is 19.6. The van der Waals surface area contributed by atoms with Gasteiger partial charge in [-0.15, -0.1) is 0 Å². The van der Waals surface area contributed by atoms with Gasteiger partial charge in [-0.2, -0.15) is 0 Å². The molecule has 2 atom stereocenters. The van der Waals surface area contributed by atoms with E-state index >= 15 is 0 Å². The number of aldehydes is 1. The molecule has 6 nitrogen and oxygen atoms in total. The zero-order valence-electron chi connectivity index (χ0n) is 28.9. The predicted molar refractivity (Wildman–Crippen MR) is 189 cm³/mol. The molecular formula is C37H55O6PSi. The molecule has 0 amide bonds. The summed E-state index contributed by atoms with van der Waals surface area (Å²) in [5.74, 6) is 0.190. The standard InChI is InChI=1S/C37H55O6PSi/c1-29(2)32(27-38)24-23-30(3)17-16-18-31(4)25-34(26-33(39)28-44(40,41-8)42-9)43-45(37(5,6)7,35-19-12-10-13-20-35)36-21-14-11-15-22-36/h10-15,17,19-22,25,27,29,32,34H,16,18,23-24,26,28H2,1-9H3/b30-17+,31-25+/t32-,34+/m1/s1. The number of carbonyl (C=O) groups is 2. The Morgan fingerprint density at radius 3 is 1.87 bits per heavy atom. The van der Waals surface area contributed by atoms with Crippen LogP contribution < -0.4 is 10.4 Å². The Morgan fingerprint density at radius 1 is 0.889 bits per heavy atom. The van der Waals surface area contributed by atoms with Gasteiger partial charge in [0.15, 0.2) is 0 Å². The lowest BCUT2D eigenvalue weighted by Crippen LogP contribution is -2.67. The van der Waals surface area contributed by atoms with E-state index in [1.165, 1.54) is 19.8 Å². The minimum absolute atomic E-state index is 0.0513. The van der Waals surface area contributed by atoms with Crippen LogP contribution in [0.1, 0.15) is 80.6 Å². The Balaban J connectivity index is 2.47. The molecule has 0 fully saturated rings. The molecule has 0 heterocycles. The van der Waals surface area contributed by atoms with E-state index in [-0.39, 0.29) is 29.3 Å². The number of hydrogen-bond acceptors (Lipinski definition) is 6. The molecule has 0 unspecified atom stereocenters. The lowest BCUT2D eigenvalue weighted by atomic mass is 9.91. The second kappa shape index (κ2) is 18.1. The monoisotopic (exact) mass is 654 g/mol. The molecule has 0 saturated carbocycles. The third kappa shape index (κ3) is 11.4. The molecule has 0 N–H and O–H groups in total. The number of benzene rings is 2. The number of ketones is 1. The Labute approximate surface area is 273 Å². The van der Waals surface area contributed by atoms with E-state index in [1.807, 2.05) is 36.4 Å². The van der Waals surface area contributed by atoms with E-state index in [2.05, 4.69) is 84.9 Å². The van der Waals surface area contributed by atoms with E-state index < -0.39 is 22.0 Å². The third-order valence-corrected chi connectivity index (χ3v) is 15.4. The zero-order chi connectivity index (χ0) is 33.7. The van der Waals surface area contributed by atoms with Crippen LogP contribution in [-0.2, 0) is 27.6 Å². The van der Waals surface area contributed by atoms with E-state index in [1.54, 1.807) is 0 Å². The second-order valence-electron chi connectivity index (χ2n) is 13.4. The summed E-state index contributed by atoms with van der Waals surface area (Å²) in [6.07, 6.45) is 8.02. The van der Waals surface area contributed by atoms with Crippen molar-refractivity contribution in [3.05, 3.63) is 84.0 Å². The highest BCUT2D eigenvalue weighted by Gasteiger charge is 2.51. The van der Waals surface area contributed by atoms with Crippen LogP contribution in [0.5, 0.6) is 0 Å². The van der Waals surface area contributed by atoms with Crippen molar-refractivity contribution in [2.24, 2.45) is 11.8 Å². The first-order chi connectivity index (χ1) is 21.2. The van der Waals surface area contributed by atoms with Gasteiger partial charge >= 0.3 is 7.60 Å². The number of carbonyl (C=O) groups excluding carboxylic acids is 2. The van der Waals surface area contributed by atoms with E-state index in [4.69, 9.17) is 13.5 Å². The van der Waals surface area contributed by atoms with Gasteiger partial charge in [-0.3, -0.25) is 9.36 Å². The minimum Gasteiger partial charge on any atom is -0.401 e. The van der Waals surface area contributed by atoms with Gasteiger partial charge in [-0.1, -0.05) is 119 Å². The molecular weight excluding hydrogens is 599 g/mol. The average Bonchev–Trinajstić information content (AvgIpc) is 3.00. The van der Waals surface area contributed by atoms with Crippen LogP contribution in [0, 0.1) is 11.8 Å². The predicted octanol–water partition coefficient (Wildman–Crippen LogP) is 8.30. The summed E-state index contributed by atoms with van der Waals surface area (Å²) in [6, 6.07) is 20.7. The van der Waals surface area contributed by atoms with E-state index in [0.29, 0.717) is 5.92 Å². The van der Waals surface area contributed by atoms with Crippen molar-refractivity contribution in [2.75, 3.05) is 20.4 Å². The topological polar surface area (TPSA) is 78.9 Å². The number of Topliss-reactive ketones (excluding diaryl/α,β-unsaturated/α-hetero) is 1. The second-order valence-corrected chi connectivity index (χ2v) is 19.9. The van der Waals surface area contributed by atoms with Gasteiger partial charge in [-0.05, 0) is 60.9 Å². The Morgan fingerprint density at radius 2 is 1.42 bits per heavy atom. The van der Waals surface area contributed by atoms with Crippen LogP contribution >= 0.6 is 7.60 Å². The van der Waals surface area contributed by atoms with Crippen molar-refractivity contribution in [3.63, 3.8) is 0 Å². The fraction of sp³-hybridized carbons (Fsp3) is 0.514. The normalized spacial score (nSPS) is 14.8. The molecule has 0 aromatic heterocycles. The SMILES string of the molecule is COP(=O)(CC(=O)C[C@H](/C=C(\C)CC/C=C(\C)CC[C@H](C=O)C(C)C)O[Si](c1ccccc1)(c1ccccc1)C(C)(C)C)OC. The molecule has 0 saturated heterocycles. The third-order valence-electron chi connectivity index (χ3n) is 8.51. The number of allylic oxidation sites excluding steroid dienone is 3. The fourth-order valence-corrected chi connectivity index (χ4v) is 11.4. The maximum absolute atomic E-state index is 13.4. The lowest BCUT2D eigenvalue weighted by Gasteiger charge is -2.45. The first kappa shape index (κ1) is 38.8. The molecule has 0 spiro atoms. The molecule has 8 heteroatoms. The summed E-state index contributed by atoms with van der Waals surface area (Å²) in [7, 11) is -3.89. The molecule has 45 heavy (non-hydrogen) atoms. The van der Waals surface area contributed by atoms with Crippen LogP contribution in [0.3, 0.4) is 0 Å². The molecule has 0 bridgehead atoms. The molecule has 0 aliphatic heterocycles. The van der Waals surface area contributed by atoms with Gasteiger partial charge in [0.1, 0.15) is 18.2 Å². The van der Waals surface area contributed by atoms with Crippen molar-refractivity contribution in [3.8, 4) is 0 Å². The summed E-state index contributed by atoms with van der Waals surface area (Å²) in [5.41, 5.74) is 2.39. The average molecular weight is 655 g/mol. The molecule has 0 radical (unpaired) electrons. The van der Waals surface area contributed by atoms with Crippen LogP contribution in [0.4, 0.5) is 0 Å². The summed E-state index contributed by atoms with van der Waals surface area (Å²) in [4.78, 5) is 24.8. The van der Waals surface area contributed by atoms with Crippen LogP contribution in [-0.4, -0.2) is 46.9 Å². The van der Waals surface area contributed by atoms with Gasteiger partial charge in [0.05, 0.1) is 6.10 Å². The van der Waals surface area contributed by atoms with Gasteiger partial charge in [-0.25, -0.2) is 0 Å². The highest BCUT2D eigenvalue weighted by Crippen LogP contribution is 2.46. The molecule has 2 aromatic rings. The Kier molecular flexibility index (Phi) is 15.6. The van der Waals surface area contributed by atoms with Crippen molar-refractivity contribution in [2.45, 2.75) is 91.7 Å². The van der Waals surface area contributed by atoms with Gasteiger partial charge in [0.2, 0.25) is 0 Å². The minimum atomic E-state index is -3.52. The van der Waals surface area contributed by atoms with E-state index in [0.717, 1.165) is 47.9 Å². The van der Waals surface area contributed by atoms with Crippen molar-refractivity contribution in [1.82, 2.24) is 0 Å². The molecule has 2 rings (SSSR count). The summed E-state index contributed by atoms with van der Waals surface area (Å²) >= 11 is 0. The smallest absolute Gasteiger partial charge is 0.337 e. The maximum atomic E-state index is 13.4. The molecule has 0 aliphatic carbocycles. The highest BCUT2D eigenvalue weighted by molar-refractivity contribution is 7.54. The Bertz CT molecular complexity index is 1270. The van der Waals surface area contributed by atoms with Gasteiger partial charge < -0.3 is 18.3 Å². The number of rotatable bonds is 19. The van der Waals surface area contributed by atoms with E-state index in [9.17, 15) is 14.2 Å². The summed E-state index contributed by atoms with van der Waals surface area (Å²) in [6.45, 7) is 15.0. The summed E-state index contributed by atoms with van der Waals surface area (Å²) < 4.78 is 30.4. The van der Waals surface area contributed by atoms with Crippen molar-refractivity contribution in [1.29, 1.82) is 0 Å². The van der Waals surface area contributed by atoms with Crippen LogP contribution in [0.15, 0.2) is 84.0 Å². The quantitative estimate of drug-likeness (QED) is 0.0656. The van der Waals surface area contributed by atoms with Crippen LogP contribution in [0.2, 0.25) is 5.04 Å².